The zero-order valence-electron chi connectivity index (χ0n) is 21.7. The van der Waals surface area contributed by atoms with Crippen molar-refractivity contribution < 1.29 is 26.3 Å². The molecule has 1 unspecified atom stereocenters. The molecule has 1 N–H and O–H groups in total. The Bertz CT molecular complexity index is 1420. The Hall–Kier alpha value is -2.41. The number of sulfonamides is 1. The normalized spacial score (nSPS) is 20.0. The Morgan fingerprint density at radius 2 is 1.77 bits per heavy atom. The number of nitrogens with one attached hydrogen (secondary N) is 1. The molecule has 3 aromatic rings. The fourth-order valence-electron chi connectivity index (χ4n) is 5.41. The molecule has 1 atom stereocenters. The quantitative estimate of drug-likeness (QED) is 0.370. The molecule has 3 heterocycles. The summed E-state index contributed by atoms with van der Waals surface area (Å²) in [5, 5.41) is 0.148. The van der Waals surface area contributed by atoms with Crippen LogP contribution in [0.3, 0.4) is 0 Å². The Kier molecular flexibility index (Phi) is 8.24. The monoisotopic (exact) mass is 602 g/mol. The van der Waals surface area contributed by atoms with E-state index < -0.39 is 27.4 Å². The molecule has 1 fully saturated rings. The molecule has 2 aromatic carbocycles. The minimum absolute atomic E-state index is 0. The number of aromatic nitrogens is 2. The Balaban J connectivity index is 0.00000353. The van der Waals surface area contributed by atoms with Gasteiger partial charge in [-0.25, -0.2) is 13.4 Å². The van der Waals surface area contributed by atoms with Crippen molar-refractivity contribution in [3.05, 3.63) is 65.0 Å². The lowest BCUT2D eigenvalue weighted by Crippen LogP contribution is -2.36. The van der Waals surface area contributed by atoms with E-state index in [1.54, 1.807) is 12.1 Å². The van der Waals surface area contributed by atoms with Gasteiger partial charge in [0.2, 0.25) is 5.13 Å². The zero-order valence-corrected chi connectivity index (χ0v) is 24.1. The van der Waals surface area contributed by atoms with Gasteiger partial charge in [0.25, 0.3) is 10.0 Å². The van der Waals surface area contributed by atoms with E-state index in [4.69, 9.17) is 4.74 Å². The number of piperidine rings is 1. The summed E-state index contributed by atoms with van der Waals surface area (Å²) in [6, 6.07) is 8.76. The zero-order chi connectivity index (χ0) is 27.3. The van der Waals surface area contributed by atoms with Crippen molar-refractivity contribution in [1.82, 2.24) is 14.3 Å². The molecule has 13 heteroatoms. The highest BCUT2D eigenvalue weighted by Crippen LogP contribution is 2.48. The number of hydrogen-bond acceptors (Lipinski definition) is 7. The van der Waals surface area contributed by atoms with Crippen molar-refractivity contribution in [2.24, 2.45) is 0 Å². The van der Waals surface area contributed by atoms with E-state index in [1.807, 2.05) is 20.9 Å². The number of anilines is 1. The van der Waals surface area contributed by atoms with Gasteiger partial charge < -0.3 is 9.64 Å². The second-order valence-corrected chi connectivity index (χ2v) is 13.1. The van der Waals surface area contributed by atoms with E-state index in [1.165, 1.54) is 24.5 Å². The molecule has 5 rings (SSSR count). The van der Waals surface area contributed by atoms with Crippen LogP contribution >= 0.6 is 23.9 Å². The number of nitrogens with zero attached hydrogens (tertiary/aromatic N) is 3. The highest BCUT2D eigenvalue weighted by atomic mass is 35.5. The fraction of sp³-hybridized carbons (Fsp3) is 0.462. The number of hydrogen-bond donors (Lipinski definition) is 1. The first kappa shape index (κ1) is 29.6. The molecule has 0 radical (unpaired) electrons. The topological polar surface area (TPSA) is 84.4 Å². The van der Waals surface area contributed by atoms with Crippen LogP contribution in [-0.4, -0.2) is 48.4 Å². The van der Waals surface area contributed by atoms with Gasteiger partial charge in [-0.3, -0.25) is 4.72 Å². The van der Waals surface area contributed by atoms with Gasteiger partial charge in [-0.15, -0.1) is 12.4 Å². The standard InChI is InChI=1S/C26H29F3N4O3S2.ClH/c1-25(2)14-22(19-6-4-17(26(27,28)29)12-21(19)16-8-10-33(3)11-9-16)20-7-5-18(13-23(20)36-25)38(34,35)32-24-30-15-31-37-24;/h4-7,12-13,15-16,22H,8-11,14H2,1-3H3,(H,30,31,32);1H. The lowest BCUT2D eigenvalue weighted by molar-refractivity contribution is -0.137. The summed E-state index contributed by atoms with van der Waals surface area (Å²) < 4.78 is 79.6. The third-order valence-corrected chi connectivity index (χ3v) is 9.33. The van der Waals surface area contributed by atoms with E-state index in [9.17, 15) is 21.6 Å². The minimum Gasteiger partial charge on any atom is -0.487 e. The molecule has 2 aliphatic heterocycles. The van der Waals surface area contributed by atoms with Crippen LogP contribution in [-0.2, 0) is 16.2 Å². The van der Waals surface area contributed by atoms with E-state index >= 15 is 0 Å². The Labute approximate surface area is 236 Å². The second kappa shape index (κ2) is 10.9. The van der Waals surface area contributed by atoms with E-state index in [2.05, 4.69) is 19.0 Å². The molecule has 1 aromatic heterocycles. The average molecular weight is 603 g/mol. The molecule has 0 aliphatic carbocycles. The van der Waals surface area contributed by atoms with Gasteiger partial charge in [0, 0.05) is 29.1 Å². The largest absolute Gasteiger partial charge is 0.487 e. The lowest BCUT2D eigenvalue weighted by Gasteiger charge is -2.40. The first-order valence-corrected chi connectivity index (χ1v) is 14.6. The molecule has 7 nitrogen and oxygen atoms in total. The van der Waals surface area contributed by atoms with Crippen LogP contribution in [0.2, 0.25) is 0 Å². The summed E-state index contributed by atoms with van der Waals surface area (Å²) in [4.78, 5) is 6.07. The highest BCUT2D eigenvalue weighted by molar-refractivity contribution is 7.93. The van der Waals surface area contributed by atoms with Crippen molar-refractivity contribution in [3.63, 3.8) is 0 Å². The van der Waals surface area contributed by atoms with Gasteiger partial charge in [0.15, 0.2) is 0 Å². The fourth-order valence-corrected chi connectivity index (χ4v) is 7.09. The lowest BCUT2D eigenvalue weighted by atomic mass is 9.75. The van der Waals surface area contributed by atoms with Crippen LogP contribution in [0.5, 0.6) is 5.75 Å². The maximum atomic E-state index is 13.7. The summed E-state index contributed by atoms with van der Waals surface area (Å²) in [5.74, 6) is 0.160. The molecule has 2 aliphatic rings. The predicted octanol–water partition coefficient (Wildman–Crippen LogP) is 6.28. The molecule has 1 saturated heterocycles. The molecular formula is C26H30ClF3N4O3S2. The molecule has 0 amide bonds. The third-order valence-electron chi connectivity index (χ3n) is 7.28. The maximum absolute atomic E-state index is 13.7. The van der Waals surface area contributed by atoms with Gasteiger partial charge in [-0.2, -0.15) is 17.5 Å². The van der Waals surface area contributed by atoms with Crippen molar-refractivity contribution in [2.75, 3.05) is 24.9 Å². The number of alkyl halides is 3. The van der Waals surface area contributed by atoms with E-state index in [-0.39, 0.29) is 34.3 Å². The third kappa shape index (κ3) is 6.34. The molecule has 39 heavy (non-hydrogen) atoms. The molecule has 0 spiro atoms. The van der Waals surface area contributed by atoms with Gasteiger partial charge in [0.1, 0.15) is 17.7 Å². The second-order valence-electron chi connectivity index (χ2n) is 10.6. The first-order valence-electron chi connectivity index (χ1n) is 12.3. The Morgan fingerprint density at radius 1 is 1.08 bits per heavy atom. The van der Waals surface area contributed by atoms with Gasteiger partial charge in [-0.1, -0.05) is 12.1 Å². The number of halogens is 4. The van der Waals surface area contributed by atoms with Crippen molar-refractivity contribution in [1.29, 1.82) is 0 Å². The summed E-state index contributed by atoms with van der Waals surface area (Å²) in [7, 11) is -1.92. The SMILES string of the molecule is CN1CCC(c2cc(C(F)(F)F)ccc2C2CC(C)(C)Oc3cc(S(=O)(=O)Nc4ncns4)ccc32)CC1.Cl. The number of benzene rings is 2. The van der Waals surface area contributed by atoms with Crippen LogP contribution in [0.4, 0.5) is 18.3 Å². The number of fused-ring (bicyclic) bond motifs is 1. The number of likely N-dealkylation sites (tertiary alicyclic amines) is 1. The molecule has 0 bridgehead atoms. The first-order chi connectivity index (χ1) is 17.8. The Morgan fingerprint density at radius 3 is 2.41 bits per heavy atom. The average Bonchev–Trinajstić information content (AvgIpc) is 3.34. The van der Waals surface area contributed by atoms with Crippen molar-refractivity contribution in [2.45, 2.75) is 61.6 Å². The highest BCUT2D eigenvalue weighted by Gasteiger charge is 2.39. The van der Waals surface area contributed by atoms with Crippen molar-refractivity contribution in [3.8, 4) is 5.75 Å². The van der Waals surface area contributed by atoms with Gasteiger partial charge in [0.05, 0.1) is 10.5 Å². The number of ether oxygens (including phenoxy) is 1. The summed E-state index contributed by atoms with van der Waals surface area (Å²) in [6.45, 7) is 5.45. The number of rotatable bonds is 5. The summed E-state index contributed by atoms with van der Waals surface area (Å²) in [5.41, 5.74) is 1.00. The van der Waals surface area contributed by atoms with E-state index in [0.717, 1.165) is 60.2 Å². The molecular weight excluding hydrogens is 573 g/mol. The molecule has 0 saturated carbocycles. The van der Waals surface area contributed by atoms with Crippen LogP contribution in [0.25, 0.3) is 0 Å². The van der Waals surface area contributed by atoms with Crippen LogP contribution in [0.1, 0.15) is 67.2 Å². The van der Waals surface area contributed by atoms with Crippen LogP contribution in [0, 0.1) is 0 Å². The summed E-state index contributed by atoms with van der Waals surface area (Å²) >= 11 is 0.923. The maximum Gasteiger partial charge on any atom is 0.416 e. The van der Waals surface area contributed by atoms with Gasteiger partial charge >= 0.3 is 6.18 Å². The summed E-state index contributed by atoms with van der Waals surface area (Å²) in [6.07, 6.45) is -1.08. The van der Waals surface area contributed by atoms with Crippen molar-refractivity contribution >= 4 is 39.1 Å². The van der Waals surface area contributed by atoms with Gasteiger partial charge in [-0.05, 0) is 88.5 Å². The van der Waals surface area contributed by atoms with E-state index in [0.29, 0.717) is 12.2 Å². The predicted molar refractivity (Wildman–Crippen MR) is 146 cm³/mol. The smallest absolute Gasteiger partial charge is 0.416 e. The minimum atomic E-state index is -4.44. The van der Waals surface area contributed by atoms with Crippen LogP contribution < -0.4 is 9.46 Å². The van der Waals surface area contributed by atoms with Crippen LogP contribution in [0.15, 0.2) is 47.6 Å². The molecule has 212 valence electrons.